The predicted molar refractivity (Wildman–Crippen MR) is 125 cm³/mol. The van der Waals surface area contributed by atoms with Crippen molar-refractivity contribution < 1.29 is 36.2 Å². The molecule has 1 aliphatic rings. The molecule has 7 nitrogen and oxygen atoms in total. The molecular weight excluding hydrogens is 505 g/mol. The fraction of sp³-hybridized carbons (Fsp3) is 0.261. The van der Waals surface area contributed by atoms with Gasteiger partial charge in [-0.05, 0) is 40.6 Å². The summed E-state index contributed by atoms with van der Waals surface area (Å²) >= 11 is 1.20. The van der Waals surface area contributed by atoms with E-state index in [4.69, 9.17) is 20.4 Å². The fourth-order valence-corrected chi connectivity index (χ4v) is 5.51. The molecule has 0 saturated heterocycles. The van der Waals surface area contributed by atoms with E-state index in [2.05, 4.69) is 16.9 Å². The molecular formula is C23H23F3N2O5S2. The molecule has 2 aromatic carbocycles. The number of sulfonamides is 1. The summed E-state index contributed by atoms with van der Waals surface area (Å²) in [4.78, 5) is 8.90. The Kier molecular flexibility index (Phi) is 8.54. The molecule has 1 aromatic heterocycles. The highest BCUT2D eigenvalue weighted by atomic mass is 32.2. The van der Waals surface area contributed by atoms with E-state index < -0.39 is 22.2 Å². The highest BCUT2D eigenvalue weighted by molar-refractivity contribution is 7.91. The average molecular weight is 529 g/mol. The fourth-order valence-electron chi connectivity index (χ4n) is 3.46. The highest BCUT2D eigenvalue weighted by Crippen LogP contribution is 2.36. The van der Waals surface area contributed by atoms with Crippen LogP contribution in [-0.2, 0) is 27.8 Å². The van der Waals surface area contributed by atoms with Crippen molar-refractivity contribution in [3.8, 4) is 5.75 Å². The first-order chi connectivity index (χ1) is 16.5. The van der Waals surface area contributed by atoms with Gasteiger partial charge in [-0.15, -0.1) is 11.3 Å². The molecule has 0 spiro atoms. The molecule has 0 saturated carbocycles. The number of thiophene rings is 1. The second-order valence-corrected chi connectivity index (χ2v) is 10.6. The molecule has 12 heteroatoms. The largest absolute Gasteiger partial charge is 0.492 e. The Morgan fingerprint density at radius 3 is 2.40 bits per heavy atom. The number of carboxylic acid groups (broad SMARTS) is 1. The Bertz CT molecular complexity index is 1230. The minimum Gasteiger partial charge on any atom is -0.492 e. The third-order valence-corrected chi connectivity index (χ3v) is 7.99. The average Bonchev–Trinajstić information content (AvgIpc) is 3.36. The molecule has 35 heavy (non-hydrogen) atoms. The summed E-state index contributed by atoms with van der Waals surface area (Å²) in [6.07, 6.45) is -4.26. The van der Waals surface area contributed by atoms with Gasteiger partial charge in [-0.1, -0.05) is 48.5 Å². The molecule has 3 aromatic rings. The smallest absolute Gasteiger partial charge is 0.490 e. The van der Waals surface area contributed by atoms with Gasteiger partial charge in [0.2, 0.25) is 10.0 Å². The Hall–Kier alpha value is -2.93. The zero-order valence-corrected chi connectivity index (χ0v) is 19.9. The zero-order valence-electron chi connectivity index (χ0n) is 18.2. The predicted octanol–water partition coefficient (Wildman–Crippen LogP) is 3.91. The normalized spacial score (nSPS) is 17.5. The second kappa shape index (κ2) is 11.2. The second-order valence-electron chi connectivity index (χ2n) is 7.70. The van der Waals surface area contributed by atoms with E-state index in [1.54, 1.807) is 17.5 Å². The van der Waals surface area contributed by atoms with Crippen LogP contribution in [0.2, 0.25) is 0 Å². The quantitative estimate of drug-likeness (QED) is 0.447. The number of hydrogen-bond donors (Lipinski definition) is 3. The van der Waals surface area contributed by atoms with Crippen molar-refractivity contribution in [3.63, 3.8) is 0 Å². The molecule has 2 heterocycles. The number of rotatable bonds is 6. The molecule has 2 atom stereocenters. The summed E-state index contributed by atoms with van der Waals surface area (Å²) in [7, 11) is -3.50. The molecule has 4 N–H and O–H groups in total. The number of halogens is 3. The van der Waals surface area contributed by atoms with Gasteiger partial charge in [0.15, 0.2) is 0 Å². The van der Waals surface area contributed by atoms with E-state index in [9.17, 15) is 21.6 Å². The molecule has 0 aliphatic carbocycles. The van der Waals surface area contributed by atoms with Gasteiger partial charge in [-0.25, -0.2) is 17.9 Å². The van der Waals surface area contributed by atoms with Gasteiger partial charge in [0.25, 0.3) is 0 Å². The number of nitrogens with two attached hydrogens (primary N) is 1. The van der Waals surface area contributed by atoms with Crippen LogP contribution in [0.4, 0.5) is 13.2 Å². The molecule has 4 rings (SSSR count). The Morgan fingerprint density at radius 2 is 1.80 bits per heavy atom. The lowest BCUT2D eigenvalue weighted by atomic mass is 9.84. The summed E-state index contributed by atoms with van der Waals surface area (Å²) in [5.74, 6) is -1.81. The summed E-state index contributed by atoms with van der Waals surface area (Å²) in [6, 6.07) is 19.3. The first-order valence-electron chi connectivity index (χ1n) is 10.4. The standard InChI is InChI=1S/C21H22N2O3S2.C2HF3O2/c22-19-14-26-20-9-8-16(13-23-28(24,25)21-7-4-10-27-21)12-18(20)17(19)11-15-5-2-1-3-6-15;3-2(4,5)1(6)7/h1-10,12,17,19,23H,11,13-14,22H2;(H,6,7). The minimum atomic E-state index is -5.08. The number of ether oxygens (including phenoxy) is 1. The maximum Gasteiger partial charge on any atom is 0.490 e. The van der Waals surface area contributed by atoms with Gasteiger partial charge in [0.1, 0.15) is 16.6 Å². The van der Waals surface area contributed by atoms with Crippen LogP contribution >= 0.6 is 11.3 Å². The Morgan fingerprint density at radius 1 is 1.11 bits per heavy atom. The van der Waals surface area contributed by atoms with Crippen LogP contribution in [0, 0.1) is 0 Å². The zero-order chi connectivity index (χ0) is 25.6. The number of benzene rings is 2. The van der Waals surface area contributed by atoms with Crippen LogP contribution < -0.4 is 15.2 Å². The summed E-state index contributed by atoms with van der Waals surface area (Å²) in [5.41, 5.74) is 9.51. The van der Waals surface area contributed by atoms with E-state index in [0.29, 0.717) is 10.8 Å². The number of hydrogen-bond acceptors (Lipinski definition) is 6. The van der Waals surface area contributed by atoms with Crippen LogP contribution in [0.5, 0.6) is 5.75 Å². The number of alkyl halides is 3. The number of fused-ring (bicyclic) bond motifs is 1. The lowest BCUT2D eigenvalue weighted by Crippen LogP contribution is -2.39. The molecule has 1 aliphatic heterocycles. The Balaban J connectivity index is 0.000000429. The lowest BCUT2D eigenvalue weighted by molar-refractivity contribution is -0.192. The van der Waals surface area contributed by atoms with Gasteiger partial charge in [0, 0.05) is 18.5 Å². The van der Waals surface area contributed by atoms with E-state index in [1.807, 2.05) is 36.4 Å². The first-order valence-corrected chi connectivity index (χ1v) is 12.7. The van der Waals surface area contributed by atoms with E-state index in [0.717, 1.165) is 23.3 Å². The van der Waals surface area contributed by atoms with E-state index in [-0.39, 0.29) is 18.5 Å². The maximum absolute atomic E-state index is 12.4. The van der Waals surface area contributed by atoms with Crippen LogP contribution in [-0.4, -0.2) is 38.3 Å². The van der Waals surface area contributed by atoms with Gasteiger partial charge in [0.05, 0.1) is 0 Å². The number of carbonyl (C=O) groups is 1. The molecule has 0 amide bonds. The number of aliphatic carboxylic acids is 1. The van der Waals surface area contributed by atoms with E-state index >= 15 is 0 Å². The molecule has 0 bridgehead atoms. The lowest BCUT2D eigenvalue weighted by Gasteiger charge is -2.32. The van der Waals surface area contributed by atoms with Gasteiger partial charge < -0.3 is 15.6 Å². The monoisotopic (exact) mass is 528 g/mol. The molecule has 188 valence electrons. The van der Waals surface area contributed by atoms with Crippen molar-refractivity contribution in [2.75, 3.05) is 6.61 Å². The minimum absolute atomic E-state index is 0.106. The summed E-state index contributed by atoms with van der Waals surface area (Å²) < 4.78 is 65.3. The van der Waals surface area contributed by atoms with Crippen molar-refractivity contribution in [1.82, 2.24) is 4.72 Å². The third kappa shape index (κ3) is 7.28. The van der Waals surface area contributed by atoms with Crippen molar-refractivity contribution >= 4 is 27.3 Å². The van der Waals surface area contributed by atoms with Crippen LogP contribution in [0.15, 0.2) is 70.3 Å². The van der Waals surface area contributed by atoms with Crippen molar-refractivity contribution in [3.05, 3.63) is 82.7 Å². The van der Waals surface area contributed by atoms with E-state index in [1.165, 1.54) is 16.9 Å². The van der Waals surface area contributed by atoms with Crippen LogP contribution in [0.25, 0.3) is 0 Å². The number of carboxylic acids is 1. The molecule has 2 unspecified atom stereocenters. The van der Waals surface area contributed by atoms with Crippen LogP contribution in [0.1, 0.15) is 22.6 Å². The van der Waals surface area contributed by atoms with Crippen molar-refractivity contribution in [1.29, 1.82) is 0 Å². The molecule has 0 fully saturated rings. The van der Waals surface area contributed by atoms with Gasteiger partial charge >= 0.3 is 12.1 Å². The van der Waals surface area contributed by atoms with Crippen LogP contribution in [0.3, 0.4) is 0 Å². The SMILES string of the molecule is NC1COc2ccc(CNS(=O)(=O)c3cccs3)cc2C1Cc1ccccc1.O=C(O)C(F)(F)F. The maximum atomic E-state index is 12.4. The highest BCUT2D eigenvalue weighted by Gasteiger charge is 2.38. The third-order valence-electron chi connectivity index (χ3n) is 5.19. The topological polar surface area (TPSA) is 119 Å². The molecule has 0 radical (unpaired) electrons. The Labute approximate surface area is 204 Å². The number of nitrogens with one attached hydrogen (secondary N) is 1. The summed E-state index contributed by atoms with van der Waals surface area (Å²) in [6.45, 7) is 0.704. The van der Waals surface area contributed by atoms with Crippen molar-refractivity contribution in [2.45, 2.75) is 35.3 Å². The van der Waals surface area contributed by atoms with Gasteiger partial charge in [-0.2, -0.15) is 13.2 Å². The summed E-state index contributed by atoms with van der Waals surface area (Å²) in [5, 5.41) is 8.88. The first kappa shape index (κ1) is 26.7. The van der Waals surface area contributed by atoms with Crippen molar-refractivity contribution in [2.24, 2.45) is 5.73 Å². The van der Waals surface area contributed by atoms with Gasteiger partial charge in [-0.3, -0.25) is 0 Å².